The monoisotopic (exact) mass is 211 g/mol. The number of pyridine rings is 1. The Kier molecular flexibility index (Phi) is 1.33. The minimum atomic E-state index is -2.84. The van der Waals surface area contributed by atoms with Gasteiger partial charge >= 0.3 is 0 Å². The molecule has 2 aromatic heterocycles. The number of aromatic amines is 1. The average molecular weight is 211 g/mol. The fourth-order valence-corrected chi connectivity index (χ4v) is 1.60. The van der Waals surface area contributed by atoms with Crippen LogP contribution in [-0.2, 0) is 5.54 Å². The van der Waals surface area contributed by atoms with Gasteiger partial charge in [0.25, 0.3) is 5.92 Å². The van der Waals surface area contributed by atoms with E-state index < -0.39 is 11.5 Å². The molecular weight excluding hydrogens is 204 g/mol. The third-order valence-corrected chi connectivity index (χ3v) is 2.72. The van der Waals surface area contributed by atoms with Gasteiger partial charge in [-0.2, -0.15) is 10.3 Å². The van der Waals surface area contributed by atoms with Gasteiger partial charge in [0.1, 0.15) is 11.1 Å². The Bertz CT molecular complexity index is 537. The summed E-state index contributed by atoms with van der Waals surface area (Å²) in [6.07, 6.45) is 0.983. The quantitative estimate of drug-likeness (QED) is 0.721. The highest BCUT2D eigenvalue weighted by molar-refractivity contribution is 5.69. The van der Waals surface area contributed by atoms with Crippen LogP contribution in [0, 0.1) is 0 Å². The molecule has 1 aliphatic carbocycles. The van der Waals surface area contributed by atoms with E-state index in [2.05, 4.69) is 20.4 Å². The second-order valence-electron chi connectivity index (χ2n) is 3.74. The van der Waals surface area contributed by atoms with E-state index in [1.54, 1.807) is 0 Å². The maximum atomic E-state index is 13.0. The van der Waals surface area contributed by atoms with E-state index in [9.17, 15) is 8.78 Å². The SMILES string of the molecule is NC1(c2cnc3n[nH]nc3c2)CC1(F)F. The molecule has 1 fully saturated rings. The largest absolute Gasteiger partial charge is 0.316 e. The molecule has 2 aromatic rings. The molecular formula is C8H7F2N5. The molecule has 1 unspecified atom stereocenters. The van der Waals surface area contributed by atoms with Crippen LogP contribution in [-0.4, -0.2) is 26.3 Å². The lowest BCUT2D eigenvalue weighted by Crippen LogP contribution is -2.27. The predicted octanol–water partition coefficient (Wildman–Crippen LogP) is 0.546. The highest BCUT2D eigenvalue weighted by atomic mass is 19.3. The molecule has 1 aliphatic rings. The Morgan fingerprint density at radius 2 is 2.13 bits per heavy atom. The van der Waals surface area contributed by atoms with Crippen LogP contribution in [0.4, 0.5) is 8.78 Å². The zero-order valence-corrected chi connectivity index (χ0v) is 7.54. The Morgan fingerprint density at radius 1 is 1.40 bits per heavy atom. The maximum Gasteiger partial charge on any atom is 0.272 e. The molecule has 3 N–H and O–H groups in total. The standard InChI is InChI=1S/C8H7F2N5/c9-8(10)3-7(8,11)4-1-5-6(12-2-4)14-15-13-5/h1-2H,3,11H2,(H,12,13,14,15). The van der Waals surface area contributed by atoms with Crippen molar-refractivity contribution in [1.82, 2.24) is 20.4 Å². The number of halogens is 2. The van der Waals surface area contributed by atoms with Gasteiger partial charge in [-0.3, -0.25) is 0 Å². The first kappa shape index (κ1) is 8.66. The Labute approximate surface area is 82.7 Å². The predicted molar refractivity (Wildman–Crippen MR) is 47.1 cm³/mol. The number of fused-ring (bicyclic) bond motifs is 1. The van der Waals surface area contributed by atoms with E-state index in [-0.39, 0.29) is 6.42 Å². The van der Waals surface area contributed by atoms with Crippen LogP contribution in [0.3, 0.4) is 0 Å². The maximum absolute atomic E-state index is 13.0. The van der Waals surface area contributed by atoms with Crippen molar-refractivity contribution in [3.8, 4) is 0 Å². The Balaban J connectivity index is 2.13. The van der Waals surface area contributed by atoms with Gasteiger partial charge in [-0.25, -0.2) is 13.8 Å². The number of rotatable bonds is 1. The second kappa shape index (κ2) is 2.30. The van der Waals surface area contributed by atoms with Gasteiger partial charge in [0.15, 0.2) is 0 Å². The normalized spacial score (nSPS) is 28.2. The molecule has 15 heavy (non-hydrogen) atoms. The highest BCUT2D eigenvalue weighted by Crippen LogP contribution is 2.57. The Morgan fingerprint density at radius 3 is 2.80 bits per heavy atom. The lowest BCUT2D eigenvalue weighted by Gasteiger charge is -2.09. The third-order valence-electron chi connectivity index (χ3n) is 2.72. The molecule has 0 bridgehead atoms. The van der Waals surface area contributed by atoms with Crippen LogP contribution in [0.2, 0.25) is 0 Å². The topological polar surface area (TPSA) is 80.5 Å². The lowest BCUT2D eigenvalue weighted by molar-refractivity contribution is 0.0891. The van der Waals surface area contributed by atoms with Crippen LogP contribution in [0.25, 0.3) is 11.2 Å². The number of nitrogens with two attached hydrogens (primary N) is 1. The molecule has 5 nitrogen and oxygen atoms in total. The van der Waals surface area contributed by atoms with E-state index in [1.165, 1.54) is 12.3 Å². The summed E-state index contributed by atoms with van der Waals surface area (Å²) in [6, 6.07) is 1.49. The van der Waals surface area contributed by atoms with E-state index >= 15 is 0 Å². The first-order valence-corrected chi connectivity index (χ1v) is 4.37. The number of aromatic nitrogens is 4. The van der Waals surface area contributed by atoms with Crippen molar-refractivity contribution >= 4 is 11.2 Å². The van der Waals surface area contributed by atoms with Crippen molar-refractivity contribution < 1.29 is 8.78 Å². The summed E-state index contributed by atoms with van der Waals surface area (Å²) in [5.41, 5.74) is 5.12. The number of H-pyrrole nitrogens is 1. The van der Waals surface area contributed by atoms with Crippen molar-refractivity contribution in [2.75, 3.05) is 0 Å². The van der Waals surface area contributed by atoms with E-state index in [1.807, 2.05) is 0 Å². The summed E-state index contributed by atoms with van der Waals surface area (Å²) < 4.78 is 26.0. The molecule has 0 radical (unpaired) electrons. The summed E-state index contributed by atoms with van der Waals surface area (Å²) in [4.78, 5) is 3.89. The minimum absolute atomic E-state index is 0.300. The van der Waals surface area contributed by atoms with Crippen LogP contribution >= 0.6 is 0 Å². The average Bonchev–Trinajstić information content (AvgIpc) is 2.61. The number of hydrogen-bond donors (Lipinski definition) is 2. The molecule has 3 rings (SSSR count). The Hall–Kier alpha value is -1.63. The first-order chi connectivity index (χ1) is 7.03. The summed E-state index contributed by atoms with van der Waals surface area (Å²) in [5, 5.41) is 9.86. The molecule has 0 amide bonds. The van der Waals surface area contributed by atoms with Crippen LogP contribution in [0.1, 0.15) is 12.0 Å². The van der Waals surface area contributed by atoms with Crippen LogP contribution in [0.5, 0.6) is 0 Å². The van der Waals surface area contributed by atoms with E-state index in [4.69, 9.17) is 5.73 Å². The van der Waals surface area contributed by atoms with Gasteiger partial charge in [-0.15, -0.1) is 5.10 Å². The van der Waals surface area contributed by atoms with Gasteiger partial charge in [-0.1, -0.05) is 0 Å². The van der Waals surface area contributed by atoms with Crippen LogP contribution < -0.4 is 5.73 Å². The van der Waals surface area contributed by atoms with E-state index in [0.717, 1.165) is 0 Å². The lowest BCUT2D eigenvalue weighted by atomic mass is 10.1. The molecule has 2 heterocycles. The molecule has 7 heteroatoms. The molecule has 1 atom stereocenters. The number of nitrogens with one attached hydrogen (secondary N) is 1. The van der Waals surface area contributed by atoms with Gasteiger partial charge in [0.2, 0.25) is 5.65 Å². The van der Waals surface area contributed by atoms with Gasteiger partial charge in [-0.05, 0) is 11.6 Å². The summed E-state index contributed by atoms with van der Waals surface area (Å²) in [5.74, 6) is -2.84. The van der Waals surface area contributed by atoms with Gasteiger partial charge in [0.05, 0.1) is 0 Å². The zero-order chi connectivity index (χ0) is 10.7. The fourth-order valence-electron chi connectivity index (χ4n) is 1.60. The molecule has 0 saturated heterocycles. The van der Waals surface area contributed by atoms with Crippen molar-refractivity contribution in [3.05, 3.63) is 17.8 Å². The number of hydrogen-bond acceptors (Lipinski definition) is 4. The van der Waals surface area contributed by atoms with Gasteiger partial charge < -0.3 is 5.73 Å². The summed E-state index contributed by atoms with van der Waals surface area (Å²) in [6.45, 7) is 0. The van der Waals surface area contributed by atoms with Crippen molar-refractivity contribution in [2.45, 2.75) is 17.9 Å². The minimum Gasteiger partial charge on any atom is -0.316 e. The number of nitrogens with zero attached hydrogens (tertiary/aromatic N) is 3. The molecule has 1 saturated carbocycles. The zero-order valence-electron chi connectivity index (χ0n) is 7.54. The van der Waals surface area contributed by atoms with E-state index in [0.29, 0.717) is 16.7 Å². The van der Waals surface area contributed by atoms with Crippen molar-refractivity contribution in [3.63, 3.8) is 0 Å². The second-order valence-corrected chi connectivity index (χ2v) is 3.74. The summed E-state index contributed by atoms with van der Waals surface area (Å²) in [7, 11) is 0. The first-order valence-electron chi connectivity index (χ1n) is 4.37. The third kappa shape index (κ3) is 1.01. The molecule has 78 valence electrons. The molecule has 0 aromatic carbocycles. The molecule has 0 aliphatic heterocycles. The van der Waals surface area contributed by atoms with Crippen molar-refractivity contribution in [1.29, 1.82) is 0 Å². The highest BCUT2D eigenvalue weighted by Gasteiger charge is 2.70. The van der Waals surface area contributed by atoms with Gasteiger partial charge in [0, 0.05) is 12.6 Å². The smallest absolute Gasteiger partial charge is 0.272 e. The van der Waals surface area contributed by atoms with Crippen LogP contribution in [0.15, 0.2) is 12.3 Å². The fraction of sp³-hybridized carbons (Fsp3) is 0.375. The van der Waals surface area contributed by atoms with Crippen molar-refractivity contribution in [2.24, 2.45) is 5.73 Å². The summed E-state index contributed by atoms with van der Waals surface area (Å²) >= 11 is 0. The number of alkyl halides is 2. The molecule has 0 spiro atoms.